The molecule has 3 nitrogen and oxygen atoms in total. The minimum absolute atomic E-state index is 0.142. The lowest BCUT2D eigenvalue weighted by Crippen LogP contribution is -2.49. The van der Waals surface area contributed by atoms with E-state index >= 15 is 0 Å². The number of anilines is 1. The average molecular weight is 294 g/mol. The van der Waals surface area contributed by atoms with Crippen molar-refractivity contribution in [1.29, 1.82) is 0 Å². The zero-order valence-electron chi connectivity index (χ0n) is 13.6. The molecule has 0 atom stereocenters. The Morgan fingerprint density at radius 2 is 2.14 bits per heavy atom. The van der Waals surface area contributed by atoms with Crippen molar-refractivity contribution in [2.75, 3.05) is 31.1 Å². The van der Waals surface area contributed by atoms with Gasteiger partial charge in [-0.15, -0.1) is 0 Å². The third-order valence-electron chi connectivity index (χ3n) is 3.68. The second-order valence-corrected chi connectivity index (χ2v) is 6.80. The first-order valence-corrected chi connectivity index (χ1v) is 7.76. The maximum absolute atomic E-state index is 14.4. The Morgan fingerprint density at radius 3 is 2.81 bits per heavy atom. The van der Waals surface area contributed by atoms with Crippen molar-refractivity contribution in [2.24, 2.45) is 5.92 Å². The highest BCUT2D eigenvalue weighted by atomic mass is 19.1. The van der Waals surface area contributed by atoms with Gasteiger partial charge >= 0.3 is 0 Å². The molecule has 4 heteroatoms. The smallest absolute Gasteiger partial charge is 0.146 e. The van der Waals surface area contributed by atoms with Gasteiger partial charge in [0.25, 0.3) is 0 Å². The summed E-state index contributed by atoms with van der Waals surface area (Å²) >= 11 is 0. The number of benzene rings is 1. The molecule has 0 aromatic heterocycles. The zero-order chi connectivity index (χ0) is 15.5. The summed E-state index contributed by atoms with van der Waals surface area (Å²) < 4.78 is 20.1. The lowest BCUT2D eigenvalue weighted by Gasteiger charge is -2.40. The van der Waals surface area contributed by atoms with Crippen LogP contribution < -0.4 is 10.2 Å². The van der Waals surface area contributed by atoms with Gasteiger partial charge in [-0.2, -0.15) is 0 Å². The monoisotopic (exact) mass is 294 g/mol. The number of hydrogen-bond donors (Lipinski definition) is 1. The van der Waals surface area contributed by atoms with E-state index in [4.69, 9.17) is 4.74 Å². The van der Waals surface area contributed by atoms with Gasteiger partial charge in [-0.3, -0.25) is 0 Å². The molecule has 1 saturated heterocycles. The highest BCUT2D eigenvalue weighted by molar-refractivity contribution is 5.55. The van der Waals surface area contributed by atoms with Crippen LogP contribution >= 0.6 is 0 Å². The molecule has 1 aromatic rings. The van der Waals surface area contributed by atoms with E-state index in [1.165, 1.54) is 0 Å². The molecule has 0 aliphatic carbocycles. The van der Waals surface area contributed by atoms with Gasteiger partial charge in [0.15, 0.2) is 0 Å². The van der Waals surface area contributed by atoms with Crippen molar-refractivity contribution in [3.8, 4) is 0 Å². The fraction of sp³-hybridized carbons (Fsp3) is 0.647. The van der Waals surface area contributed by atoms with Crippen molar-refractivity contribution in [3.63, 3.8) is 0 Å². The lowest BCUT2D eigenvalue weighted by atomic mass is 10.0. The van der Waals surface area contributed by atoms with Crippen molar-refractivity contribution in [2.45, 2.75) is 39.8 Å². The Kier molecular flexibility index (Phi) is 5.22. The lowest BCUT2D eigenvalue weighted by molar-refractivity contribution is -0.0278. The molecule has 1 N–H and O–H groups in total. The summed E-state index contributed by atoms with van der Waals surface area (Å²) in [5.41, 5.74) is 1.52. The standard InChI is InChI=1S/C17H27FN2O/c1-13(2)10-19-11-14-6-5-7-15(18)16(14)20-8-9-21-17(3,4)12-20/h5-7,13,19H,8-12H2,1-4H3. The second kappa shape index (κ2) is 6.75. The Morgan fingerprint density at radius 1 is 1.38 bits per heavy atom. The largest absolute Gasteiger partial charge is 0.372 e. The molecule has 1 aliphatic heterocycles. The summed E-state index contributed by atoms with van der Waals surface area (Å²) in [6, 6.07) is 5.34. The van der Waals surface area contributed by atoms with Crippen LogP contribution in [-0.4, -0.2) is 31.8 Å². The number of nitrogens with zero attached hydrogens (tertiary/aromatic N) is 1. The Bertz CT molecular complexity index is 474. The van der Waals surface area contributed by atoms with E-state index in [1.807, 2.05) is 6.07 Å². The van der Waals surface area contributed by atoms with Gasteiger partial charge in [-0.1, -0.05) is 26.0 Å². The number of halogens is 1. The summed E-state index contributed by atoms with van der Waals surface area (Å²) in [6.45, 7) is 12.2. The predicted octanol–water partition coefficient (Wildman–Crippen LogP) is 3.19. The SMILES string of the molecule is CC(C)CNCc1cccc(F)c1N1CCOC(C)(C)C1. The van der Waals surface area contributed by atoms with Crippen LogP contribution in [0.5, 0.6) is 0 Å². The van der Waals surface area contributed by atoms with Crippen molar-refractivity contribution >= 4 is 5.69 Å². The normalized spacial score (nSPS) is 18.3. The van der Waals surface area contributed by atoms with Crippen LogP contribution in [-0.2, 0) is 11.3 Å². The van der Waals surface area contributed by atoms with Crippen LogP contribution in [0.1, 0.15) is 33.3 Å². The van der Waals surface area contributed by atoms with Crippen LogP contribution in [0.15, 0.2) is 18.2 Å². The summed E-state index contributed by atoms with van der Waals surface area (Å²) in [6.07, 6.45) is 0. The molecule has 118 valence electrons. The number of ether oxygens (including phenoxy) is 1. The van der Waals surface area contributed by atoms with Crippen molar-refractivity contribution < 1.29 is 9.13 Å². The van der Waals surface area contributed by atoms with E-state index in [0.717, 1.165) is 24.3 Å². The third kappa shape index (κ3) is 4.42. The maximum Gasteiger partial charge on any atom is 0.146 e. The molecule has 0 bridgehead atoms. The Hall–Kier alpha value is -1.13. The molecule has 2 rings (SSSR count). The van der Waals surface area contributed by atoms with Crippen LogP contribution in [0.4, 0.5) is 10.1 Å². The van der Waals surface area contributed by atoms with Gasteiger partial charge < -0.3 is 15.0 Å². The molecule has 21 heavy (non-hydrogen) atoms. The van der Waals surface area contributed by atoms with Gasteiger partial charge in [0.05, 0.1) is 17.9 Å². The van der Waals surface area contributed by atoms with E-state index in [9.17, 15) is 4.39 Å². The first-order valence-electron chi connectivity index (χ1n) is 7.76. The molecule has 1 heterocycles. The molecule has 0 radical (unpaired) electrons. The van der Waals surface area contributed by atoms with Gasteiger partial charge in [0.2, 0.25) is 0 Å². The van der Waals surface area contributed by atoms with Crippen LogP contribution in [0.25, 0.3) is 0 Å². The Labute approximate surface area is 127 Å². The minimum atomic E-state index is -0.233. The van der Waals surface area contributed by atoms with Crippen molar-refractivity contribution in [3.05, 3.63) is 29.6 Å². The fourth-order valence-corrected chi connectivity index (χ4v) is 2.76. The number of nitrogens with one attached hydrogen (secondary N) is 1. The van der Waals surface area contributed by atoms with Crippen LogP contribution in [0.3, 0.4) is 0 Å². The summed E-state index contributed by atoms with van der Waals surface area (Å²) in [4.78, 5) is 2.12. The number of morpholine rings is 1. The van der Waals surface area contributed by atoms with E-state index in [1.54, 1.807) is 12.1 Å². The average Bonchev–Trinajstić information content (AvgIpc) is 2.37. The van der Waals surface area contributed by atoms with E-state index < -0.39 is 0 Å². The van der Waals surface area contributed by atoms with Gasteiger partial charge in [-0.05, 0) is 37.9 Å². The minimum Gasteiger partial charge on any atom is -0.372 e. The highest BCUT2D eigenvalue weighted by Gasteiger charge is 2.29. The topological polar surface area (TPSA) is 24.5 Å². The van der Waals surface area contributed by atoms with Crippen molar-refractivity contribution in [1.82, 2.24) is 5.32 Å². The van der Waals surface area contributed by atoms with E-state index in [-0.39, 0.29) is 11.4 Å². The molecule has 0 saturated carbocycles. The fourth-order valence-electron chi connectivity index (χ4n) is 2.76. The van der Waals surface area contributed by atoms with Crippen LogP contribution in [0, 0.1) is 11.7 Å². The highest BCUT2D eigenvalue weighted by Crippen LogP contribution is 2.29. The zero-order valence-corrected chi connectivity index (χ0v) is 13.6. The van der Waals surface area contributed by atoms with Gasteiger partial charge in [-0.25, -0.2) is 4.39 Å². The van der Waals surface area contributed by atoms with Gasteiger partial charge in [0, 0.05) is 19.6 Å². The van der Waals surface area contributed by atoms with Gasteiger partial charge in [0.1, 0.15) is 5.82 Å². The molecule has 0 spiro atoms. The maximum atomic E-state index is 14.4. The number of para-hydroxylation sites is 1. The van der Waals surface area contributed by atoms with E-state index in [2.05, 4.69) is 37.9 Å². The second-order valence-electron chi connectivity index (χ2n) is 6.80. The molecule has 1 aliphatic rings. The quantitative estimate of drug-likeness (QED) is 0.902. The molecular formula is C17H27FN2O. The molecule has 1 fully saturated rings. The number of rotatable bonds is 5. The first-order chi connectivity index (χ1) is 9.89. The third-order valence-corrected chi connectivity index (χ3v) is 3.68. The summed E-state index contributed by atoms with van der Waals surface area (Å²) in [5.74, 6) is 0.445. The molecule has 0 amide bonds. The molecular weight excluding hydrogens is 267 g/mol. The van der Waals surface area contributed by atoms with E-state index in [0.29, 0.717) is 25.6 Å². The number of hydrogen-bond acceptors (Lipinski definition) is 3. The van der Waals surface area contributed by atoms with Crippen LogP contribution in [0.2, 0.25) is 0 Å². The first kappa shape index (κ1) is 16.2. The Balaban J connectivity index is 2.17. The summed E-state index contributed by atoms with van der Waals surface area (Å²) in [7, 11) is 0. The summed E-state index contributed by atoms with van der Waals surface area (Å²) in [5, 5.41) is 3.40. The molecule has 0 unspecified atom stereocenters. The predicted molar refractivity (Wildman–Crippen MR) is 85.2 cm³/mol. The molecule has 1 aromatic carbocycles.